The molecule has 212 valence electrons. The maximum absolute atomic E-state index is 14.1. The molecule has 8 nitrogen and oxygen atoms in total. The van der Waals surface area contributed by atoms with Crippen LogP contribution in [0.1, 0.15) is 29.7 Å². The summed E-state index contributed by atoms with van der Waals surface area (Å²) in [6, 6.07) is 21.2. The number of aromatic nitrogens is 1. The largest absolute Gasteiger partial charge is 0.493 e. The molecule has 0 bridgehead atoms. The molecule has 0 spiro atoms. The first kappa shape index (κ1) is 28.5. The van der Waals surface area contributed by atoms with E-state index in [1.807, 2.05) is 48.5 Å². The number of thiazole rings is 1. The molecular weight excluding hydrogens is 552 g/mol. The predicted octanol–water partition coefficient (Wildman–Crippen LogP) is 3.96. The van der Waals surface area contributed by atoms with Gasteiger partial charge in [-0.25, -0.2) is 9.79 Å². The highest BCUT2D eigenvalue weighted by atomic mass is 32.1. The van der Waals surface area contributed by atoms with Gasteiger partial charge in [0.1, 0.15) is 12.4 Å². The molecule has 3 aromatic carbocycles. The van der Waals surface area contributed by atoms with Gasteiger partial charge in [0.05, 0.1) is 42.7 Å². The van der Waals surface area contributed by atoms with Crippen LogP contribution in [0.15, 0.2) is 88.2 Å². The lowest BCUT2D eigenvalue weighted by Gasteiger charge is -2.26. The van der Waals surface area contributed by atoms with Crippen LogP contribution in [0.3, 0.4) is 0 Å². The molecule has 0 radical (unpaired) electrons. The molecule has 5 rings (SSSR count). The van der Waals surface area contributed by atoms with Crippen molar-refractivity contribution in [1.82, 2.24) is 4.57 Å². The van der Waals surface area contributed by atoms with Gasteiger partial charge in [0.15, 0.2) is 16.3 Å². The molecule has 1 atom stereocenters. The second-order valence-corrected chi connectivity index (χ2v) is 10.1. The van der Waals surface area contributed by atoms with E-state index in [1.165, 1.54) is 23.0 Å². The summed E-state index contributed by atoms with van der Waals surface area (Å²) >= 11 is 1.23. The Morgan fingerprint density at radius 3 is 2.55 bits per heavy atom. The van der Waals surface area contributed by atoms with Gasteiger partial charge < -0.3 is 18.9 Å². The summed E-state index contributed by atoms with van der Waals surface area (Å²) in [5, 5.41) is 0. The minimum atomic E-state index is -0.845. The minimum Gasteiger partial charge on any atom is -0.493 e. The van der Waals surface area contributed by atoms with Gasteiger partial charge in [-0.05, 0) is 48.4 Å². The molecular formula is C33H28N2O6S. The molecule has 4 aromatic rings. The van der Waals surface area contributed by atoms with Gasteiger partial charge in [-0.15, -0.1) is 6.42 Å². The molecule has 0 fully saturated rings. The first-order valence-corrected chi connectivity index (χ1v) is 14.0. The number of methoxy groups -OCH3 is 2. The van der Waals surface area contributed by atoms with Crippen molar-refractivity contribution in [2.24, 2.45) is 4.99 Å². The van der Waals surface area contributed by atoms with Crippen molar-refractivity contribution in [2.75, 3.05) is 27.4 Å². The summed E-state index contributed by atoms with van der Waals surface area (Å²) in [5.74, 6) is 3.46. The molecule has 0 unspecified atom stereocenters. The highest BCUT2D eigenvalue weighted by molar-refractivity contribution is 7.07. The van der Waals surface area contributed by atoms with Crippen LogP contribution >= 0.6 is 11.3 Å². The maximum Gasteiger partial charge on any atom is 0.338 e. The second-order valence-electron chi connectivity index (χ2n) is 9.11. The Bertz CT molecular complexity index is 1880. The van der Waals surface area contributed by atoms with Gasteiger partial charge in [-0.2, -0.15) is 0 Å². The summed E-state index contributed by atoms with van der Waals surface area (Å²) in [6.45, 7) is 2.03. The molecule has 1 aliphatic heterocycles. The van der Waals surface area contributed by atoms with E-state index in [0.717, 1.165) is 11.1 Å². The Hall–Kier alpha value is -5.07. The zero-order valence-electron chi connectivity index (χ0n) is 23.3. The number of rotatable bonds is 9. The van der Waals surface area contributed by atoms with Gasteiger partial charge in [-0.1, -0.05) is 65.8 Å². The average molecular weight is 581 g/mol. The molecule has 0 amide bonds. The first-order chi connectivity index (χ1) is 20.5. The predicted molar refractivity (Wildman–Crippen MR) is 161 cm³/mol. The quantitative estimate of drug-likeness (QED) is 0.220. The third-order valence-electron chi connectivity index (χ3n) is 6.58. The molecule has 0 saturated carbocycles. The van der Waals surface area contributed by atoms with E-state index in [9.17, 15) is 9.59 Å². The lowest BCUT2D eigenvalue weighted by Crippen LogP contribution is -2.40. The minimum absolute atomic E-state index is 0.135. The summed E-state index contributed by atoms with van der Waals surface area (Å²) in [4.78, 5) is 33.1. The van der Waals surface area contributed by atoms with Crippen LogP contribution in [-0.2, 0) is 9.53 Å². The topological polar surface area (TPSA) is 88.3 Å². The van der Waals surface area contributed by atoms with E-state index in [4.69, 9.17) is 30.4 Å². The standard InChI is InChI=1S/C33H28N2O6S/c1-5-17-41-24-14-10-11-21(18-24)19-27-31(36)35-30(23-15-16-25(38-3)26(20-23)39-4)28(32(37)40-6-2)29(34-33(35)42-27)22-12-8-7-9-13-22/h1,7-16,18-20,30H,6,17H2,2-4H3/b27-19-/t30-/m1/s1. The van der Waals surface area contributed by atoms with E-state index in [1.54, 1.807) is 44.4 Å². The first-order valence-electron chi connectivity index (χ1n) is 13.2. The molecule has 42 heavy (non-hydrogen) atoms. The fraction of sp³-hybridized carbons (Fsp3) is 0.182. The number of carbonyl (C=O) groups excluding carboxylic acids is 1. The van der Waals surface area contributed by atoms with Crippen LogP contribution in [0.4, 0.5) is 0 Å². The highest BCUT2D eigenvalue weighted by Crippen LogP contribution is 2.38. The highest BCUT2D eigenvalue weighted by Gasteiger charge is 2.35. The van der Waals surface area contributed by atoms with Crippen LogP contribution in [-0.4, -0.2) is 38.0 Å². The van der Waals surface area contributed by atoms with Crippen molar-refractivity contribution in [2.45, 2.75) is 13.0 Å². The summed E-state index contributed by atoms with van der Waals surface area (Å²) in [7, 11) is 3.08. The SMILES string of the molecule is C#CCOc1cccc(/C=c2\sc3n(c2=O)[C@H](c2ccc(OC)c(OC)c2)C(C(=O)OCC)=C(c2ccccc2)N=3)c1. The molecule has 1 aliphatic rings. The lowest BCUT2D eigenvalue weighted by atomic mass is 9.93. The Kier molecular flexibility index (Phi) is 8.55. The van der Waals surface area contributed by atoms with Gasteiger partial charge in [0.25, 0.3) is 5.56 Å². The molecule has 0 aliphatic carbocycles. The number of esters is 1. The summed E-state index contributed by atoms with van der Waals surface area (Å²) in [5.41, 5.74) is 2.50. The fourth-order valence-corrected chi connectivity index (χ4v) is 5.75. The Balaban J connectivity index is 1.79. The van der Waals surface area contributed by atoms with E-state index in [0.29, 0.717) is 37.8 Å². The van der Waals surface area contributed by atoms with Crippen LogP contribution in [0.2, 0.25) is 0 Å². The van der Waals surface area contributed by atoms with Crippen LogP contribution in [0.5, 0.6) is 17.2 Å². The molecule has 2 heterocycles. The second kappa shape index (κ2) is 12.6. The van der Waals surface area contributed by atoms with E-state index in [-0.39, 0.29) is 24.3 Å². The zero-order chi connectivity index (χ0) is 29.6. The number of carbonyl (C=O) groups is 1. The van der Waals surface area contributed by atoms with Crippen molar-refractivity contribution in [3.8, 4) is 29.6 Å². The lowest BCUT2D eigenvalue weighted by molar-refractivity contribution is -0.138. The average Bonchev–Trinajstić information content (AvgIpc) is 3.33. The third-order valence-corrected chi connectivity index (χ3v) is 7.56. The summed E-state index contributed by atoms with van der Waals surface area (Å²) in [6.07, 6.45) is 7.10. The summed E-state index contributed by atoms with van der Waals surface area (Å²) < 4.78 is 24.1. The van der Waals surface area contributed by atoms with Gasteiger partial charge in [0.2, 0.25) is 0 Å². The maximum atomic E-state index is 14.1. The van der Waals surface area contributed by atoms with Crippen molar-refractivity contribution in [3.63, 3.8) is 0 Å². The molecule has 0 saturated heterocycles. The van der Waals surface area contributed by atoms with E-state index >= 15 is 0 Å². The molecule has 1 aromatic heterocycles. The Morgan fingerprint density at radius 2 is 1.83 bits per heavy atom. The normalized spacial score (nSPS) is 14.4. The smallest absolute Gasteiger partial charge is 0.338 e. The zero-order valence-corrected chi connectivity index (χ0v) is 24.1. The van der Waals surface area contributed by atoms with Crippen molar-refractivity contribution < 1.29 is 23.7 Å². The Morgan fingerprint density at radius 1 is 1.05 bits per heavy atom. The van der Waals surface area contributed by atoms with Crippen LogP contribution < -0.4 is 29.1 Å². The number of ether oxygens (including phenoxy) is 4. The van der Waals surface area contributed by atoms with E-state index < -0.39 is 12.0 Å². The number of benzene rings is 3. The number of nitrogens with zero attached hydrogens (tertiary/aromatic N) is 2. The molecule has 9 heteroatoms. The van der Waals surface area contributed by atoms with E-state index in [2.05, 4.69) is 5.92 Å². The number of hydrogen-bond donors (Lipinski definition) is 0. The van der Waals surface area contributed by atoms with Crippen molar-refractivity contribution >= 4 is 29.1 Å². The van der Waals surface area contributed by atoms with Gasteiger partial charge in [0, 0.05) is 5.56 Å². The van der Waals surface area contributed by atoms with Crippen molar-refractivity contribution in [3.05, 3.63) is 115 Å². The number of fused-ring (bicyclic) bond motifs is 1. The van der Waals surface area contributed by atoms with Crippen molar-refractivity contribution in [1.29, 1.82) is 0 Å². The molecule has 0 N–H and O–H groups in total. The number of hydrogen-bond acceptors (Lipinski definition) is 8. The monoisotopic (exact) mass is 580 g/mol. The third kappa shape index (κ3) is 5.57. The van der Waals surface area contributed by atoms with Gasteiger partial charge in [-0.3, -0.25) is 9.36 Å². The number of terminal acetylenes is 1. The fourth-order valence-electron chi connectivity index (χ4n) is 4.75. The van der Waals surface area contributed by atoms with Crippen LogP contribution in [0.25, 0.3) is 11.8 Å². The van der Waals surface area contributed by atoms with Crippen LogP contribution in [0, 0.1) is 12.3 Å². The Labute approximate surface area is 246 Å². The van der Waals surface area contributed by atoms with Gasteiger partial charge >= 0.3 is 5.97 Å².